The Balaban J connectivity index is 2.98. The van der Waals surface area contributed by atoms with E-state index in [4.69, 9.17) is 0 Å². The molecule has 0 aliphatic rings. The monoisotopic (exact) mass is 161 g/mol. The van der Waals surface area contributed by atoms with Gasteiger partial charge in [0.05, 0.1) is 11.4 Å². The Kier molecular flexibility index (Phi) is 1.40. The van der Waals surface area contributed by atoms with Crippen molar-refractivity contribution in [2.75, 3.05) is 0 Å². The molecule has 0 aliphatic carbocycles. The summed E-state index contributed by atoms with van der Waals surface area (Å²) >= 11 is 0. The van der Waals surface area contributed by atoms with Gasteiger partial charge in [0.25, 0.3) is 0 Å². The molecule has 2 heterocycles. The molecule has 0 amide bonds. The van der Waals surface area contributed by atoms with Crippen molar-refractivity contribution in [1.29, 1.82) is 0 Å². The van der Waals surface area contributed by atoms with Crippen LogP contribution in [0, 0.1) is 20.8 Å². The fourth-order valence-electron chi connectivity index (χ4n) is 1.53. The number of aryl methyl sites for hydroxylation is 3. The number of H-pyrrole nitrogens is 1. The van der Waals surface area contributed by atoms with E-state index in [9.17, 15) is 0 Å². The van der Waals surface area contributed by atoms with Crippen LogP contribution in [0.15, 0.2) is 6.20 Å². The average Bonchev–Trinajstić information content (AvgIpc) is 2.42. The van der Waals surface area contributed by atoms with E-state index in [1.165, 1.54) is 16.5 Å². The lowest BCUT2D eigenvalue weighted by Crippen LogP contribution is -1.91. The molecule has 0 aliphatic heterocycles. The zero-order valence-electron chi connectivity index (χ0n) is 7.47. The van der Waals surface area contributed by atoms with Gasteiger partial charge in [-0.25, -0.2) is 0 Å². The molecule has 0 aromatic carbocycles. The maximum atomic E-state index is 4.07. The minimum atomic E-state index is 0.986. The van der Waals surface area contributed by atoms with E-state index in [0.717, 1.165) is 11.4 Å². The summed E-state index contributed by atoms with van der Waals surface area (Å²) in [5, 5.41) is 10.5. The van der Waals surface area contributed by atoms with Crippen molar-refractivity contribution in [2.24, 2.45) is 0 Å². The molecule has 3 heteroatoms. The van der Waals surface area contributed by atoms with Gasteiger partial charge in [-0.15, -0.1) is 0 Å². The smallest absolute Gasteiger partial charge is 0.0696 e. The third-order valence-corrected chi connectivity index (χ3v) is 2.18. The molecule has 0 fully saturated rings. The predicted molar refractivity (Wildman–Crippen MR) is 48.1 cm³/mol. The van der Waals surface area contributed by atoms with Crippen molar-refractivity contribution in [3.63, 3.8) is 0 Å². The number of nitrogens with zero attached hydrogens (tertiary/aromatic N) is 2. The number of rotatable bonds is 0. The Morgan fingerprint density at radius 3 is 2.42 bits per heavy atom. The Labute approximate surface area is 70.8 Å². The van der Waals surface area contributed by atoms with Gasteiger partial charge in [0.1, 0.15) is 0 Å². The van der Waals surface area contributed by atoms with Gasteiger partial charge in [-0.05, 0) is 20.8 Å². The second kappa shape index (κ2) is 2.30. The zero-order valence-corrected chi connectivity index (χ0v) is 7.47. The quantitative estimate of drug-likeness (QED) is 0.641. The van der Waals surface area contributed by atoms with Crippen molar-refractivity contribution >= 4 is 10.8 Å². The molecule has 2 rings (SSSR count). The standard InChI is InChI=1S/C9H11N3/c1-5-8-4-10-6(2)9(8)7(3)12-11-5/h4,10H,1-3H3. The molecule has 1 N–H and O–H groups in total. The largest absolute Gasteiger partial charge is 0.364 e. The highest BCUT2D eigenvalue weighted by atomic mass is 15.1. The molecule has 0 saturated heterocycles. The summed E-state index contributed by atoms with van der Waals surface area (Å²) in [5.74, 6) is 0. The topological polar surface area (TPSA) is 41.6 Å². The lowest BCUT2D eigenvalue weighted by atomic mass is 10.2. The van der Waals surface area contributed by atoms with Crippen LogP contribution >= 0.6 is 0 Å². The molecule has 0 atom stereocenters. The van der Waals surface area contributed by atoms with Gasteiger partial charge >= 0.3 is 0 Å². The first kappa shape index (κ1) is 7.28. The molecule has 3 nitrogen and oxygen atoms in total. The first-order chi connectivity index (χ1) is 5.70. The number of fused-ring (bicyclic) bond motifs is 1. The van der Waals surface area contributed by atoms with Gasteiger partial charge in [0, 0.05) is 22.7 Å². The van der Waals surface area contributed by atoms with Crippen LogP contribution in [0.3, 0.4) is 0 Å². The van der Waals surface area contributed by atoms with Crippen molar-refractivity contribution in [3.05, 3.63) is 23.3 Å². The Morgan fingerprint density at radius 2 is 1.75 bits per heavy atom. The van der Waals surface area contributed by atoms with Crippen LogP contribution in [0.4, 0.5) is 0 Å². The van der Waals surface area contributed by atoms with E-state index >= 15 is 0 Å². The van der Waals surface area contributed by atoms with Gasteiger partial charge in [-0.3, -0.25) is 0 Å². The van der Waals surface area contributed by atoms with Crippen LogP contribution < -0.4 is 0 Å². The number of nitrogens with one attached hydrogen (secondary N) is 1. The van der Waals surface area contributed by atoms with E-state index in [2.05, 4.69) is 22.1 Å². The van der Waals surface area contributed by atoms with Crippen molar-refractivity contribution in [3.8, 4) is 0 Å². The maximum absolute atomic E-state index is 4.07. The lowest BCUT2D eigenvalue weighted by molar-refractivity contribution is 0.965. The zero-order chi connectivity index (χ0) is 8.72. The second-order valence-corrected chi connectivity index (χ2v) is 3.07. The molecule has 62 valence electrons. The number of hydrogen-bond acceptors (Lipinski definition) is 2. The highest BCUT2D eigenvalue weighted by Crippen LogP contribution is 2.21. The van der Waals surface area contributed by atoms with Gasteiger partial charge in [0.2, 0.25) is 0 Å². The normalized spacial score (nSPS) is 10.9. The van der Waals surface area contributed by atoms with E-state index in [0.29, 0.717) is 0 Å². The minimum Gasteiger partial charge on any atom is -0.364 e. The third kappa shape index (κ3) is 0.826. The summed E-state index contributed by atoms with van der Waals surface area (Å²) in [7, 11) is 0. The van der Waals surface area contributed by atoms with E-state index < -0.39 is 0 Å². The molecule has 2 aromatic heterocycles. The Bertz CT molecular complexity index is 429. The molecule has 0 unspecified atom stereocenters. The van der Waals surface area contributed by atoms with Gasteiger partial charge < -0.3 is 4.98 Å². The highest BCUT2D eigenvalue weighted by Gasteiger charge is 2.06. The SMILES string of the molecule is Cc1nnc(C)c2c(C)[nH]cc12. The Morgan fingerprint density at radius 1 is 1.08 bits per heavy atom. The third-order valence-electron chi connectivity index (χ3n) is 2.18. The van der Waals surface area contributed by atoms with E-state index in [-0.39, 0.29) is 0 Å². The van der Waals surface area contributed by atoms with E-state index in [1.807, 2.05) is 20.0 Å². The summed E-state index contributed by atoms with van der Waals surface area (Å²) in [4.78, 5) is 3.18. The molecular weight excluding hydrogens is 150 g/mol. The van der Waals surface area contributed by atoms with Crippen LogP contribution in [0.25, 0.3) is 10.8 Å². The molecule has 0 bridgehead atoms. The van der Waals surface area contributed by atoms with E-state index in [1.54, 1.807) is 0 Å². The summed E-state index contributed by atoms with van der Waals surface area (Å²) < 4.78 is 0. The molecule has 12 heavy (non-hydrogen) atoms. The van der Waals surface area contributed by atoms with Gasteiger partial charge in [0.15, 0.2) is 0 Å². The molecule has 0 radical (unpaired) electrons. The van der Waals surface area contributed by atoms with Crippen LogP contribution in [-0.2, 0) is 0 Å². The Hall–Kier alpha value is -1.38. The van der Waals surface area contributed by atoms with Crippen LogP contribution in [-0.4, -0.2) is 15.2 Å². The van der Waals surface area contributed by atoms with Crippen LogP contribution in [0.2, 0.25) is 0 Å². The fraction of sp³-hybridized carbons (Fsp3) is 0.333. The first-order valence-corrected chi connectivity index (χ1v) is 3.97. The molecular formula is C9H11N3. The van der Waals surface area contributed by atoms with Crippen molar-refractivity contribution in [2.45, 2.75) is 20.8 Å². The number of aromatic nitrogens is 3. The second-order valence-electron chi connectivity index (χ2n) is 3.07. The number of aromatic amines is 1. The highest BCUT2D eigenvalue weighted by molar-refractivity contribution is 5.88. The molecule has 0 saturated carbocycles. The molecule has 0 spiro atoms. The number of hydrogen-bond donors (Lipinski definition) is 1. The lowest BCUT2D eigenvalue weighted by Gasteiger charge is -1.97. The first-order valence-electron chi connectivity index (χ1n) is 3.97. The fourth-order valence-corrected chi connectivity index (χ4v) is 1.53. The summed E-state index contributed by atoms with van der Waals surface area (Å²) in [5.41, 5.74) is 3.15. The predicted octanol–water partition coefficient (Wildman–Crippen LogP) is 1.88. The summed E-state index contributed by atoms with van der Waals surface area (Å²) in [6.07, 6.45) is 1.99. The summed E-state index contributed by atoms with van der Waals surface area (Å²) in [6.45, 7) is 6.01. The van der Waals surface area contributed by atoms with Gasteiger partial charge in [-0.2, -0.15) is 10.2 Å². The van der Waals surface area contributed by atoms with Crippen molar-refractivity contribution < 1.29 is 0 Å². The van der Waals surface area contributed by atoms with Crippen LogP contribution in [0.5, 0.6) is 0 Å². The van der Waals surface area contributed by atoms with Crippen molar-refractivity contribution in [1.82, 2.24) is 15.2 Å². The maximum Gasteiger partial charge on any atom is 0.0696 e. The van der Waals surface area contributed by atoms with Gasteiger partial charge in [-0.1, -0.05) is 0 Å². The summed E-state index contributed by atoms with van der Waals surface area (Å²) in [6, 6.07) is 0. The van der Waals surface area contributed by atoms with Crippen LogP contribution in [0.1, 0.15) is 17.1 Å². The minimum absolute atomic E-state index is 0.986. The molecule has 2 aromatic rings. The average molecular weight is 161 g/mol.